The Morgan fingerprint density at radius 2 is 1.92 bits per heavy atom. The molecule has 0 saturated carbocycles. The summed E-state index contributed by atoms with van der Waals surface area (Å²) in [6, 6.07) is 13.9. The van der Waals surface area contributed by atoms with Gasteiger partial charge in [0, 0.05) is 29.2 Å². The van der Waals surface area contributed by atoms with Crippen LogP contribution < -0.4 is 4.90 Å². The Kier molecular flexibility index (Phi) is 5.38. The summed E-state index contributed by atoms with van der Waals surface area (Å²) in [6.45, 7) is 1.85. The number of ketones is 1. The van der Waals surface area contributed by atoms with Crippen molar-refractivity contribution in [2.45, 2.75) is 13.3 Å². The molecule has 0 N–H and O–H groups in total. The van der Waals surface area contributed by atoms with Crippen LogP contribution in [0.2, 0.25) is 5.02 Å². The van der Waals surface area contributed by atoms with E-state index >= 15 is 0 Å². The third-order valence-electron chi connectivity index (χ3n) is 4.28. The van der Waals surface area contributed by atoms with Gasteiger partial charge >= 0.3 is 5.97 Å². The van der Waals surface area contributed by atoms with Gasteiger partial charge in [-0.2, -0.15) is 0 Å². The first-order valence-corrected chi connectivity index (χ1v) is 8.64. The van der Waals surface area contributed by atoms with Gasteiger partial charge in [0.25, 0.3) is 0 Å². The van der Waals surface area contributed by atoms with E-state index < -0.39 is 11.9 Å². The van der Waals surface area contributed by atoms with Crippen LogP contribution in [-0.2, 0) is 14.3 Å². The Balaban J connectivity index is 1.58. The molecule has 0 radical (unpaired) electrons. The smallest absolute Gasteiger partial charge is 0.311 e. The third-order valence-corrected chi connectivity index (χ3v) is 4.54. The maximum absolute atomic E-state index is 12.3. The van der Waals surface area contributed by atoms with Crippen molar-refractivity contribution in [2.75, 3.05) is 18.1 Å². The van der Waals surface area contributed by atoms with Crippen LogP contribution in [0, 0.1) is 12.8 Å². The second kappa shape index (κ2) is 7.70. The molecule has 1 atom stereocenters. The van der Waals surface area contributed by atoms with Crippen LogP contribution in [0.1, 0.15) is 22.3 Å². The van der Waals surface area contributed by atoms with Crippen molar-refractivity contribution in [1.82, 2.24) is 0 Å². The summed E-state index contributed by atoms with van der Waals surface area (Å²) < 4.78 is 5.13. The molecule has 5 nitrogen and oxygen atoms in total. The molecule has 134 valence electrons. The van der Waals surface area contributed by atoms with E-state index in [-0.39, 0.29) is 31.3 Å². The topological polar surface area (TPSA) is 63.7 Å². The maximum atomic E-state index is 12.3. The Hall–Kier alpha value is -2.66. The number of rotatable bonds is 5. The number of anilines is 1. The second-order valence-electron chi connectivity index (χ2n) is 6.28. The van der Waals surface area contributed by atoms with E-state index in [1.165, 1.54) is 0 Å². The van der Waals surface area contributed by atoms with E-state index in [1.807, 2.05) is 31.2 Å². The molecule has 0 spiro atoms. The summed E-state index contributed by atoms with van der Waals surface area (Å²) in [5.74, 6) is -1.53. The molecule has 2 aromatic carbocycles. The lowest BCUT2D eigenvalue weighted by molar-refractivity contribution is -0.147. The van der Waals surface area contributed by atoms with Crippen molar-refractivity contribution in [2.24, 2.45) is 5.92 Å². The molecule has 26 heavy (non-hydrogen) atoms. The number of halogens is 1. The lowest BCUT2D eigenvalue weighted by Gasteiger charge is -2.17. The molecule has 0 bridgehead atoms. The van der Waals surface area contributed by atoms with Crippen molar-refractivity contribution >= 4 is 34.9 Å². The van der Waals surface area contributed by atoms with E-state index in [9.17, 15) is 14.4 Å². The summed E-state index contributed by atoms with van der Waals surface area (Å²) in [7, 11) is 0. The molecule has 1 aliphatic heterocycles. The van der Waals surface area contributed by atoms with Crippen molar-refractivity contribution in [1.29, 1.82) is 0 Å². The van der Waals surface area contributed by atoms with Crippen LogP contribution in [0.15, 0.2) is 48.5 Å². The number of benzene rings is 2. The lowest BCUT2D eigenvalue weighted by atomic mass is 10.1. The van der Waals surface area contributed by atoms with Crippen LogP contribution in [0.5, 0.6) is 0 Å². The monoisotopic (exact) mass is 371 g/mol. The molecular weight excluding hydrogens is 354 g/mol. The number of amides is 1. The van der Waals surface area contributed by atoms with E-state index in [0.717, 1.165) is 11.3 Å². The minimum atomic E-state index is -0.568. The molecule has 1 amide bonds. The number of carbonyl (C=O) groups excluding carboxylic acids is 3. The molecule has 2 aromatic rings. The van der Waals surface area contributed by atoms with Gasteiger partial charge in [0.2, 0.25) is 5.91 Å². The Morgan fingerprint density at radius 1 is 1.19 bits per heavy atom. The average Bonchev–Trinajstić information content (AvgIpc) is 3.02. The zero-order chi connectivity index (χ0) is 18.7. The number of hydrogen-bond donors (Lipinski definition) is 0. The van der Waals surface area contributed by atoms with E-state index in [4.69, 9.17) is 16.3 Å². The number of carbonyl (C=O) groups is 3. The molecule has 6 heteroatoms. The van der Waals surface area contributed by atoms with Crippen molar-refractivity contribution in [3.63, 3.8) is 0 Å². The van der Waals surface area contributed by atoms with Crippen LogP contribution in [-0.4, -0.2) is 30.8 Å². The first-order chi connectivity index (χ1) is 12.4. The van der Waals surface area contributed by atoms with Crippen molar-refractivity contribution in [3.05, 3.63) is 64.7 Å². The Morgan fingerprint density at radius 3 is 2.62 bits per heavy atom. The Bertz CT molecular complexity index is 847. The summed E-state index contributed by atoms with van der Waals surface area (Å²) in [4.78, 5) is 38.1. The van der Waals surface area contributed by atoms with Gasteiger partial charge in [-0.3, -0.25) is 14.4 Å². The zero-order valence-corrected chi connectivity index (χ0v) is 15.0. The lowest BCUT2D eigenvalue weighted by Crippen LogP contribution is -2.27. The molecule has 1 fully saturated rings. The van der Waals surface area contributed by atoms with Gasteiger partial charge in [-0.05, 0) is 48.9 Å². The highest BCUT2D eigenvalue weighted by molar-refractivity contribution is 6.30. The fourth-order valence-electron chi connectivity index (χ4n) is 2.88. The molecule has 0 aliphatic carbocycles. The van der Waals surface area contributed by atoms with Gasteiger partial charge in [-0.15, -0.1) is 0 Å². The molecule has 0 aromatic heterocycles. The normalized spacial score (nSPS) is 16.6. The van der Waals surface area contributed by atoms with Crippen LogP contribution in [0.4, 0.5) is 5.69 Å². The predicted molar refractivity (Wildman–Crippen MR) is 98.4 cm³/mol. The minimum Gasteiger partial charge on any atom is -0.457 e. The first kappa shape index (κ1) is 18.1. The summed E-state index contributed by atoms with van der Waals surface area (Å²) >= 11 is 5.78. The summed E-state index contributed by atoms with van der Waals surface area (Å²) in [5, 5.41) is 0.527. The number of esters is 1. The van der Waals surface area contributed by atoms with Gasteiger partial charge in [0.15, 0.2) is 12.4 Å². The van der Waals surface area contributed by atoms with Crippen molar-refractivity contribution < 1.29 is 19.1 Å². The Labute approximate surface area is 156 Å². The molecule has 1 aliphatic rings. The summed E-state index contributed by atoms with van der Waals surface area (Å²) in [6.07, 6.45) is 0.0852. The maximum Gasteiger partial charge on any atom is 0.311 e. The van der Waals surface area contributed by atoms with Crippen LogP contribution >= 0.6 is 11.6 Å². The fourth-order valence-corrected chi connectivity index (χ4v) is 3.01. The quantitative estimate of drug-likeness (QED) is 0.596. The third kappa shape index (κ3) is 4.11. The van der Waals surface area contributed by atoms with E-state index in [0.29, 0.717) is 10.6 Å². The highest BCUT2D eigenvalue weighted by Gasteiger charge is 2.36. The van der Waals surface area contributed by atoms with Crippen molar-refractivity contribution in [3.8, 4) is 0 Å². The number of hydrogen-bond acceptors (Lipinski definition) is 4. The van der Waals surface area contributed by atoms with Gasteiger partial charge < -0.3 is 9.64 Å². The minimum absolute atomic E-state index is 0.0852. The standard InChI is InChI=1S/C20H18ClNO4/c1-13-3-2-4-17(9-13)22-11-15(10-19(22)24)20(25)26-12-18(23)14-5-7-16(21)8-6-14/h2-9,15H,10-12H2,1H3. The highest BCUT2D eigenvalue weighted by atomic mass is 35.5. The van der Waals surface area contributed by atoms with Gasteiger partial charge in [-0.1, -0.05) is 23.7 Å². The molecule has 1 saturated heterocycles. The highest BCUT2D eigenvalue weighted by Crippen LogP contribution is 2.26. The predicted octanol–water partition coefficient (Wildman–Crippen LogP) is 3.43. The van der Waals surface area contributed by atoms with Crippen LogP contribution in [0.25, 0.3) is 0 Å². The molecular formula is C20H18ClNO4. The SMILES string of the molecule is Cc1cccc(N2CC(C(=O)OCC(=O)c3ccc(Cl)cc3)CC2=O)c1. The van der Waals surface area contributed by atoms with Gasteiger partial charge in [0.1, 0.15) is 0 Å². The number of Topliss-reactive ketones (excluding diaryl/α,β-unsaturated/α-hetero) is 1. The van der Waals surface area contributed by atoms with E-state index in [1.54, 1.807) is 29.2 Å². The summed E-state index contributed by atoms with van der Waals surface area (Å²) in [5.41, 5.74) is 2.23. The number of nitrogens with zero attached hydrogens (tertiary/aromatic N) is 1. The second-order valence-corrected chi connectivity index (χ2v) is 6.72. The van der Waals surface area contributed by atoms with Gasteiger partial charge in [-0.25, -0.2) is 0 Å². The van der Waals surface area contributed by atoms with Gasteiger partial charge in [0.05, 0.1) is 5.92 Å². The zero-order valence-electron chi connectivity index (χ0n) is 14.3. The molecule has 3 rings (SSSR count). The molecule has 1 heterocycles. The van der Waals surface area contributed by atoms with E-state index in [2.05, 4.69) is 0 Å². The largest absolute Gasteiger partial charge is 0.457 e. The fraction of sp³-hybridized carbons (Fsp3) is 0.250. The van der Waals surface area contributed by atoms with Crippen LogP contribution in [0.3, 0.4) is 0 Å². The molecule has 1 unspecified atom stereocenters. The average molecular weight is 372 g/mol. The number of aryl methyl sites for hydroxylation is 1. The number of ether oxygens (including phenoxy) is 1. The first-order valence-electron chi connectivity index (χ1n) is 8.26.